The van der Waals surface area contributed by atoms with E-state index >= 15 is 0 Å². The van der Waals surface area contributed by atoms with Crippen LogP contribution in [0.5, 0.6) is 5.75 Å². The first-order valence-corrected chi connectivity index (χ1v) is 16.0. The Hall–Kier alpha value is -5.06. The average Bonchev–Trinajstić information content (AvgIpc) is 3.09. The first-order valence-electron chi connectivity index (χ1n) is 16.0. The zero-order chi connectivity index (χ0) is 35.1. The molecule has 4 aromatic rings. The molecular weight excluding hydrogens is 629 g/mol. The van der Waals surface area contributed by atoms with Crippen molar-refractivity contribution >= 4 is 17.8 Å². The van der Waals surface area contributed by atoms with E-state index in [1.807, 2.05) is 13.0 Å². The summed E-state index contributed by atoms with van der Waals surface area (Å²) in [6.45, 7) is 7.30. The van der Waals surface area contributed by atoms with Gasteiger partial charge in [0.15, 0.2) is 6.10 Å². The van der Waals surface area contributed by atoms with Gasteiger partial charge in [-0.05, 0) is 85.0 Å². The van der Waals surface area contributed by atoms with Crippen LogP contribution >= 0.6 is 0 Å². The SMILES string of the molecule is CO[C@@H]1[C@@H](OC(=O)c2ccccc2)[C@@H](OC(=O)c2ccccc2)[C@H](Oc2ccc(C(C)CNC(C)=O)c(-c3cccc(F)c3)c2)OC1(C)C. The minimum atomic E-state index is -1.28. The largest absolute Gasteiger partial charge is 0.461 e. The first-order chi connectivity index (χ1) is 23.5. The van der Waals surface area contributed by atoms with Gasteiger partial charge in [-0.2, -0.15) is 0 Å². The Balaban J connectivity index is 1.55. The van der Waals surface area contributed by atoms with Crippen LogP contribution in [0.4, 0.5) is 4.39 Å². The third kappa shape index (κ3) is 8.51. The summed E-state index contributed by atoms with van der Waals surface area (Å²) in [6, 6.07) is 28.3. The lowest BCUT2D eigenvalue weighted by Gasteiger charge is -2.48. The third-order valence-corrected chi connectivity index (χ3v) is 8.36. The number of ether oxygens (including phenoxy) is 5. The molecule has 0 radical (unpaired) electrons. The molecule has 1 unspecified atom stereocenters. The fraction of sp³-hybridized carbons (Fsp3) is 0.308. The molecule has 0 bridgehead atoms. The molecular formula is C39H40FNO8. The maximum Gasteiger partial charge on any atom is 0.338 e. The van der Waals surface area contributed by atoms with Crippen LogP contribution in [0.1, 0.15) is 59.9 Å². The van der Waals surface area contributed by atoms with Gasteiger partial charge in [0.2, 0.25) is 18.3 Å². The Morgan fingerprint density at radius 3 is 2.02 bits per heavy atom. The highest BCUT2D eigenvalue weighted by Gasteiger charge is 2.55. The van der Waals surface area contributed by atoms with Gasteiger partial charge < -0.3 is 29.0 Å². The lowest BCUT2D eigenvalue weighted by atomic mass is 9.89. The van der Waals surface area contributed by atoms with E-state index in [4.69, 9.17) is 23.7 Å². The predicted octanol–water partition coefficient (Wildman–Crippen LogP) is 6.71. The summed E-state index contributed by atoms with van der Waals surface area (Å²) in [7, 11) is 1.46. The molecule has 1 aliphatic heterocycles. The van der Waals surface area contributed by atoms with E-state index in [9.17, 15) is 18.8 Å². The molecule has 49 heavy (non-hydrogen) atoms. The number of carbonyl (C=O) groups is 3. The van der Waals surface area contributed by atoms with Crippen LogP contribution in [0.2, 0.25) is 0 Å². The average molecular weight is 670 g/mol. The van der Waals surface area contributed by atoms with Gasteiger partial charge in [-0.3, -0.25) is 4.79 Å². The molecule has 1 fully saturated rings. The molecule has 0 saturated carbocycles. The molecule has 4 aromatic carbocycles. The Bertz CT molecular complexity index is 1760. The number of nitrogens with one attached hydrogen (secondary N) is 1. The number of halogens is 1. The second kappa shape index (κ2) is 15.4. The van der Waals surface area contributed by atoms with Gasteiger partial charge in [0.05, 0.1) is 16.7 Å². The van der Waals surface area contributed by atoms with E-state index in [0.717, 1.165) is 5.56 Å². The number of hydrogen-bond donors (Lipinski definition) is 1. The van der Waals surface area contributed by atoms with Crippen LogP contribution in [0.3, 0.4) is 0 Å². The van der Waals surface area contributed by atoms with Crippen molar-refractivity contribution in [3.05, 3.63) is 126 Å². The topological polar surface area (TPSA) is 109 Å². The summed E-state index contributed by atoms with van der Waals surface area (Å²) in [5.41, 5.74) is 1.60. The molecule has 0 aromatic heterocycles. The Morgan fingerprint density at radius 2 is 1.45 bits per heavy atom. The summed E-state index contributed by atoms with van der Waals surface area (Å²) in [5, 5.41) is 2.84. The van der Waals surface area contributed by atoms with Gasteiger partial charge in [0.1, 0.15) is 17.7 Å². The van der Waals surface area contributed by atoms with Crippen molar-refractivity contribution in [3.63, 3.8) is 0 Å². The van der Waals surface area contributed by atoms with Crippen LogP contribution in [0, 0.1) is 5.82 Å². The molecule has 1 N–H and O–H groups in total. The summed E-state index contributed by atoms with van der Waals surface area (Å²) in [4.78, 5) is 38.6. The number of amides is 1. The normalized spacial score (nSPS) is 20.4. The summed E-state index contributed by atoms with van der Waals surface area (Å²) < 4.78 is 45.3. The Labute approximate surface area is 285 Å². The van der Waals surface area contributed by atoms with E-state index in [0.29, 0.717) is 29.0 Å². The minimum absolute atomic E-state index is 0.134. The van der Waals surface area contributed by atoms with Gasteiger partial charge in [-0.25, -0.2) is 14.0 Å². The molecule has 9 nitrogen and oxygen atoms in total. The molecule has 0 aliphatic carbocycles. The standard InChI is InChI=1S/C39H40FNO8/c1-24(23-41-25(2)42)31-20-19-30(22-32(31)28-17-12-18-29(40)21-28)46-38-34(48-37(44)27-15-10-7-11-16-27)33(35(45-5)39(3,4)49-38)47-36(43)26-13-8-6-9-14-26/h6-22,24,33-35,38H,23H2,1-5H3,(H,41,42)/t24?,33-,34+,35+,38+/m0/s1. The number of methoxy groups -OCH3 is 1. The van der Waals surface area contributed by atoms with Gasteiger partial charge in [0, 0.05) is 20.6 Å². The molecule has 1 aliphatic rings. The fourth-order valence-electron chi connectivity index (χ4n) is 5.93. The second-order valence-corrected chi connectivity index (χ2v) is 12.4. The van der Waals surface area contributed by atoms with Crippen molar-refractivity contribution in [1.29, 1.82) is 0 Å². The zero-order valence-corrected chi connectivity index (χ0v) is 28.1. The molecule has 5 rings (SSSR count). The van der Waals surface area contributed by atoms with Crippen LogP contribution in [0.25, 0.3) is 11.1 Å². The quantitative estimate of drug-likeness (QED) is 0.176. The van der Waals surface area contributed by atoms with E-state index in [1.165, 1.54) is 26.2 Å². The highest BCUT2D eigenvalue weighted by molar-refractivity contribution is 5.90. The van der Waals surface area contributed by atoms with Gasteiger partial charge >= 0.3 is 11.9 Å². The number of rotatable bonds is 11. The van der Waals surface area contributed by atoms with Crippen LogP contribution < -0.4 is 10.1 Å². The van der Waals surface area contributed by atoms with Crippen LogP contribution in [-0.4, -0.2) is 61.7 Å². The van der Waals surface area contributed by atoms with Crippen LogP contribution in [0.15, 0.2) is 103 Å². The van der Waals surface area contributed by atoms with E-state index in [-0.39, 0.29) is 17.4 Å². The van der Waals surface area contributed by atoms with Gasteiger partial charge in [-0.15, -0.1) is 0 Å². The maximum atomic E-state index is 14.4. The number of hydrogen-bond acceptors (Lipinski definition) is 8. The minimum Gasteiger partial charge on any atom is -0.461 e. The fourth-order valence-corrected chi connectivity index (χ4v) is 5.93. The Kier molecular flexibility index (Phi) is 11.1. The monoisotopic (exact) mass is 669 g/mol. The predicted molar refractivity (Wildman–Crippen MR) is 181 cm³/mol. The van der Waals surface area contributed by atoms with E-state index < -0.39 is 48.0 Å². The maximum absolute atomic E-state index is 14.4. The van der Waals surface area contributed by atoms with Crippen LogP contribution in [-0.2, 0) is 23.7 Å². The highest BCUT2D eigenvalue weighted by atomic mass is 19.1. The smallest absolute Gasteiger partial charge is 0.338 e. The second-order valence-electron chi connectivity index (χ2n) is 12.4. The van der Waals surface area contributed by atoms with E-state index in [2.05, 4.69) is 5.32 Å². The van der Waals surface area contributed by atoms with Crippen molar-refractivity contribution < 1.29 is 42.5 Å². The molecule has 5 atom stereocenters. The van der Waals surface area contributed by atoms with E-state index in [1.54, 1.807) is 98.8 Å². The molecule has 0 spiro atoms. The van der Waals surface area contributed by atoms with Crippen molar-refractivity contribution in [1.82, 2.24) is 5.32 Å². The highest BCUT2D eigenvalue weighted by Crippen LogP contribution is 2.38. The lowest BCUT2D eigenvalue weighted by molar-refractivity contribution is -0.304. The number of benzene rings is 4. The summed E-state index contributed by atoms with van der Waals surface area (Å²) in [6.07, 6.45) is -4.58. The molecule has 1 heterocycles. The van der Waals surface area contributed by atoms with Crippen molar-refractivity contribution in [2.45, 2.75) is 63.8 Å². The number of carbonyl (C=O) groups excluding carboxylic acids is 3. The van der Waals surface area contributed by atoms with Crippen molar-refractivity contribution in [2.24, 2.45) is 0 Å². The van der Waals surface area contributed by atoms with Crippen molar-refractivity contribution in [3.8, 4) is 16.9 Å². The number of esters is 2. The summed E-state index contributed by atoms with van der Waals surface area (Å²) in [5.74, 6) is -1.71. The van der Waals surface area contributed by atoms with Crippen molar-refractivity contribution in [2.75, 3.05) is 13.7 Å². The molecule has 1 saturated heterocycles. The third-order valence-electron chi connectivity index (χ3n) is 8.36. The summed E-state index contributed by atoms with van der Waals surface area (Å²) >= 11 is 0. The first kappa shape index (κ1) is 35.3. The van der Waals surface area contributed by atoms with Gasteiger partial charge in [-0.1, -0.05) is 61.5 Å². The zero-order valence-electron chi connectivity index (χ0n) is 28.1. The molecule has 10 heteroatoms. The lowest BCUT2D eigenvalue weighted by Crippen LogP contribution is -2.66. The molecule has 1 amide bonds. The molecule has 256 valence electrons. The Morgan fingerprint density at radius 1 is 0.837 bits per heavy atom. The van der Waals surface area contributed by atoms with Gasteiger partial charge in [0.25, 0.3) is 0 Å².